The molecule has 0 amide bonds. The van der Waals surface area contributed by atoms with E-state index in [1.165, 1.54) is 11.1 Å². The molecule has 2 nitrogen and oxygen atoms in total. The van der Waals surface area contributed by atoms with Crippen LogP contribution in [0.2, 0.25) is 0 Å². The largest absolute Gasteiger partial charge is 0.376 e. The van der Waals surface area contributed by atoms with Crippen molar-refractivity contribution in [3.63, 3.8) is 0 Å². The van der Waals surface area contributed by atoms with Gasteiger partial charge in [-0.1, -0.05) is 48.6 Å². The molecule has 0 spiro atoms. The van der Waals surface area contributed by atoms with E-state index in [4.69, 9.17) is 16.3 Å². The smallest absolute Gasteiger partial charge is 0.0717 e. The molecular formula is C19H24ClNO. The number of benzene rings is 1. The molecule has 2 aliphatic rings. The monoisotopic (exact) mass is 317 g/mol. The number of piperidine rings is 1. The van der Waals surface area contributed by atoms with Crippen molar-refractivity contribution in [1.82, 2.24) is 5.32 Å². The summed E-state index contributed by atoms with van der Waals surface area (Å²) in [6.07, 6.45) is 9.85. The molecule has 1 N–H and O–H groups in total. The third kappa shape index (κ3) is 3.81. The van der Waals surface area contributed by atoms with Crippen molar-refractivity contribution in [2.75, 3.05) is 19.7 Å². The molecule has 1 aromatic carbocycles. The molecule has 1 atom stereocenters. The second-order valence-corrected chi connectivity index (χ2v) is 6.84. The normalized spacial score (nSPS) is 24.0. The van der Waals surface area contributed by atoms with Crippen LogP contribution in [0.3, 0.4) is 0 Å². The molecule has 1 aliphatic carbocycles. The SMILES string of the molecule is ClC1C=CC(C2(COCc3ccccc3)CCNCC2)=CC1. The number of alkyl halides is 1. The number of rotatable bonds is 5. The topological polar surface area (TPSA) is 21.3 Å². The van der Waals surface area contributed by atoms with Crippen molar-refractivity contribution < 1.29 is 4.74 Å². The van der Waals surface area contributed by atoms with Gasteiger partial charge in [0.15, 0.2) is 0 Å². The minimum Gasteiger partial charge on any atom is -0.376 e. The fourth-order valence-electron chi connectivity index (χ4n) is 3.35. The van der Waals surface area contributed by atoms with E-state index in [2.05, 4.69) is 47.8 Å². The minimum absolute atomic E-state index is 0.146. The van der Waals surface area contributed by atoms with Gasteiger partial charge in [0, 0.05) is 5.41 Å². The zero-order valence-corrected chi connectivity index (χ0v) is 13.7. The highest BCUT2D eigenvalue weighted by atomic mass is 35.5. The Morgan fingerprint density at radius 1 is 1.18 bits per heavy atom. The van der Waals surface area contributed by atoms with E-state index >= 15 is 0 Å². The van der Waals surface area contributed by atoms with Gasteiger partial charge in [0.25, 0.3) is 0 Å². The summed E-state index contributed by atoms with van der Waals surface area (Å²) in [5.41, 5.74) is 2.80. The molecule has 0 radical (unpaired) electrons. The van der Waals surface area contributed by atoms with Crippen molar-refractivity contribution in [2.45, 2.75) is 31.2 Å². The van der Waals surface area contributed by atoms with Crippen molar-refractivity contribution in [3.8, 4) is 0 Å². The highest BCUT2D eigenvalue weighted by Gasteiger charge is 2.35. The van der Waals surface area contributed by atoms with Gasteiger partial charge in [0.05, 0.1) is 18.6 Å². The van der Waals surface area contributed by atoms with Crippen LogP contribution in [0.5, 0.6) is 0 Å². The molecule has 0 aromatic heterocycles. The third-order valence-electron chi connectivity index (χ3n) is 4.71. The van der Waals surface area contributed by atoms with Gasteiger partial charge < -0.3 is 10.1 Å². The third-order valence-corrected chi connectivity index (χ3v) is 5.03. The van der Waals surface area contributed by atoms with E-state index in [9.17, 15) is 0 Å². The Kier molecular flexibility index (Phi) is 5.35. The second-order valence-electron chi connectivity index (χ2n) is 6.28. The molecule has 3 heteroatoms. The molecule has 1 fully saturated rings. The summed E-state index contributed by atoms with van der Waals surface area (Å²) in [4.78, 5) is 0. The van der Waals surface area contributed by atoms with Crippen LogP contribution in [0.15, 0.2) is 54.1 Å². The molecule has 1 aromatic rings. The first-order valence-corrected chi connectivity index (χ1v) is 8.57. The van der Waals surface area contributed by atoms with Gasteiger partial charge in [-0.25, -0.2) is 0 Å². The second kappa shape index (κ2) is 7.45. The van der Waals surface area contributed by atoms with E-state index in [1.807, 2.05) is 6.07 Å². The lowest BCUT2D eigenvalue weighted by Gasteiger charge is -2.39. The van der Waals surface area contributed by atoms with Crippen LogP contribution in [0.25, 0.3) is 0 Å². The van der Waals surface area contributed by atoms with Gasteiger partial charge in [-0.15, -0.1) is 11.6 Å². The summed E-state index contributed by atoms with van der Waals surface area (Å²) in [6, 6.07) is 10.4. The lowest BCUT2D eigenvalue weighted by atomic mass is 9.72. The maximum atomic E-state index is 6.18. The van der Waals surface area contributed by atoms with E-state index in [1.54, 1.807) is 0 Å². The Bertz CT molecular complexity index is 532. The predicted octanol–water partition coefficient (Wildman–Crippen LogP) is 4.07. The van der Waals surface area contributed by atoms with Gasteiger partial charge in [-0.3, -0.25) is 0 Å². The molecule has 1 heterocycles. The first-order chi connectivity index (χ1) is 10.8. The van der Waals surface area contributed by atoms with Crippen LogP contribution in [0, 0.1) is 5.41 Å². The molecular weight excluding hydrogens is 294 g/mol. The fourth-order valence-corrected chi connectivity index (χ4v) is 3.51. The fraction of sp³-hybridized carbons (Fsp3) is 0.474. The number of hydrogen-bond acceptors (Lipinski definition) is 2. The van der Waals surface area contributed by atoms with Crippen LogP contribution in [-0.2, 0) is 11.3 Å². The van der Waals surface area contributed by atoms with E-state index < -0.39 is 0 Å². The van der Waals surface area contributed by atoms with Crippen molar-refractivity contribution in [3.05, 3.63) is 59.7 Å². The summed E-state index contributed by atoms with van der Waals surface area (Å²) in [7, 11) is 0. The van der Waals surface area contributed by atoms with E-state index in [-0.39, 0.29) is 10.8 Å². The zero-order chi connectivity index (χ0) is 15.3. The van der Waals surface area contributed by atoms with Crippen LogP contribution < -0.4 is 5.32 Å². The number of hydrogen-bond donors (Lipinski definition) is 1. The quantitative estimate of drug-likeness (QED) is 0.827. The van der Waals surface area contributed by atoms with Crippen LogP contribution >= 0.6 is 11.6 Å². The van der Waals surface area contributed by atoms with E-state index in [0.717, 1.165) is 39.0 Å². The molecule has 1 saturated heterocycles. The lowest BCUT2D eigenvalue weighted by molar-refractivity contribution is 0.0370. The molecule has 3 rings (SSSR count). The molecule has 0 saturated carbocycles. The van der Waals surface area contributed by atoms with E-state index in [0.29, 0.717) is 6.61 Å². The summed E-state index contributed by atoms with van der Waals surface area (Å²) in [5.74, 6) is 0. The Balaban J connectivity index is 1.66. The molecule has 22 heavy (non-hydrogen) atoms. The minimum atomic E-state index is 0.146. The predicted molar refractivity (Wildman–Crippen MR) is 92.1 cm³/mol. The summed E-state index contributed by atoms with van der Waals surface area (Å²) >= 11 is 6.18. The maximum absolute atomic E-state index is 6.18. The Hall–Kier alpha value is -1.09. The summed E-state index contributed by atoms with van der Waals surface area (Å²) in [5, 5.41) is 3.61. The molecule has 1 aliphatic heterocycles. The number of halogens is 1. The maximum Gasteiger partial charge on any atom is 0.0717 e. The lowest BCUT2D eigenvalue weighted by Crippen LogP contribution is -2.41. The highest BCUT2D eigenvalue weighted by molar-refractivity contribution is 6.22. The average Bonchev–Trinajstić information content (AvgIpc) is 2.57. The number of nitrogens with one attached hydrogen (secondary N) is 1. The highest BCUT2D eigenvalue weighted by Crippen LogP contribution is 2.40. The first-order valence-electron chi connectivity index (χ1n) is 8.14. The summed E-state index contributed by atoms with van der Waals surface area (Å²) in [6.45, 7) is 3.59. The molecule has 1 unspecified atom stereocenters. The zero-order valence-electron chi connectivity index (χ0n) is 12.9. The number of allylic oxidation sites excluding steroid dienone is 3. The Morgan fingerprint density at radius 2 is 1.95 bits per heavy atom. The standard InChI is InChI=1S/C19H24ClNO/c20-18-8-6-17(7-9-18)19(10-12-21-13-11-19)15-22-14-16-4-2-1-3-5-16/h1-8,18,21H,9-15H2. The van der Waals surface area contributed by atoms with Crippen LogP contribution in [0.1, 0.15) is 24.8 Å². The molecule has 118 valence electrons. The van der Waals surface area contributed by atoms with Gasteiger partial charge in [0.2, 0.25) is 0 Å². The van der Waals surface area contributed by atoms with Gasteiger partial charge in [-0.2, -0.15) is 0 Å². The summed E-state index contributed by atoms with van der Waals surface area (Å²) < 4.78 is 6.11. The molecule has 0 bridgehead atoms. The van der Waals surface area contributed by atoms with Gasteiger partial charge in [-0.05, 0) is 43.5 Å². The first kappa shape index (κ1) is 15.8. The van der Waals surface area contributed by atoms with Crippen molar-refractivity contribution in [2.24, 2.45) is 5.41 Å². The number of ether oxygens (including phenoxy) is 1. The van der Waals surface area contributed by atoms with Gasteiger partial charge in [0.1, 0.15) is 0 Å². The average molecular weight is 318 g/mol. The Morgan fingerprint density at radius 3 is 2.64 bits per heavy atom. The van der Waals surface area contributed by atoms with Crippen molar-refractivity contribution >= 4 is 11.6 Å². The van der Waals surface area contributed by atoms with Crippen LogP contribution in [0.4, 0.5) is 0 Å². The van der Waals surface area contributed by atoms with Gasteiger partial charge >= 0.3 is 0 Å². The van der Waals surface area contributed by atoms with Crippen LogP contribution in [-0.4, -0.2) is 25.1 Å². The Labute approximate surface area is 138 Å². The van der Waals surface area contributed by atoms with Crippen molar-refractivity contribution in [1.29, 1.82) is 0 Å².